The minimum absolute atomic E-state index is 0.506. The van der Waals surface area contributed by atoms with Crippen molar-refractivity contribution in [3.8, 4) is 0 Å². The standard InChI is InChI=1S/C12H14N2O/c1-8-14-11-7-9(4-5-12(11)15-8)10-3-2-6-13-10/h4-5,7,10,13H,2-3,6H2,1H3. The molecule has 3 rings (SSSR count). The number of nitrogens with one attached hydrogen (secondary N) is 1. The van der Waals surface area contributed by atoms with Gasteiger partial charge in [-0.2, -0.15) is 0 Å². The second-order valence-electron chi connectivity index (χ2n) is 4.11. The average molecular weight is 202 g/mol. The Balaban J connectivity index is 2.04. The molecule has 15 heavy (non-hydrogen) atoms. The Morgan fingerprint density at radius 1 is 1.47 bits per heavy atom. The molecule has 0 bridgehead atoms. The van der Waals surface area contributed by atoms with E-state index in [1.807, 2.05) is 13.0 Å². The third-order valence-corrected chi connectivity index (χ3v) is 2.98. The van der Waals surface area contributed by atoms with Gasteiger partial charge in [-0.15, -0.1) is 0 Å². The van der Waals surface area contributed by atoms with Crippen LogP contribution in [0, 0.1) is 6.92 Å². The molecule has 2 aromatic rings. The topological polar surface area (TPSA) is 38.1 Å². The van der Waals surface area contributed by atoms with Crippen LogP contribution in [0.1, 0.15) is 30.3 Å². The molecule has 1 aliphatic rings. The van der Waals surface area contributed by atoms with Gasteiger partial charge in [-0.1, -0.05) is 6.07 Å². The van der Waals surface area contributed by atoms with Crippen LogP contribution in [0.15, 0.2) is 22.6 Å². The van der Waals surface area contributed by atoms with Gasteiger partial charge in [0.25, 0.3) is 0 Å². The van der Waals surface area contributed by atoms with Crippen molar-refractivity contribution in [1.82, 2.24) is 10.3 Å². The summed E-state index contributed by atoms with van der Waals surface area (Å²) in [5.41, 5.74) is 3.18. The highest BCUT2D eigenvalue weighted by Gasteiger charge is 2.16. The van der Waals surface area contributed by atoms with Gasteiger partial charge in [0, 0.05) is 13.0 Å². The summed E-state index contributed by atoms with van der Waals surface area (Å²) in [7, 11) is 0. The number of aryl methyl sites for hydroxylation is 1. The zero-order valence-corrected chi connectivity index (χ0v) is 8.79. The van der Waals surface area contributed by atoms with E-state index < -0.39 is 0 Å². The third kappa shape index (κ3) is 1.53. The van der Waals surface area contributed by atoms with E-state index in [4.69, 9.17) is 4.42 Å². The number of rotatable bonds is 1. The lowest BCUT2D eigenvalue weighted by Crippen LogP contribution is -2.12. The molecule has 3 heteroatoms. The molecule has 1 aliphatic heterocycles. The minimum Gasteiger partial charge on any atom is -0.441 e. The van der Waals surface area contributed by atoms with Gasteiger partial charge in [-0.05, 0) is 37.1 Å². The molecule has 1 fully saturated rings. The fourth-order valence-electron chi connectivity index (χ4n) is 2.25. The van der Waals surface area contributed by atoms with Crippen LogP contribution in [0.4, 0.5) is 0 Å². The van der Waals surface area contributed by atoms with Crippen molar-refractivity contribution in [3.05, 3.63) is 29.7 Å². The lowest BCUT2D eigenvalue weighted by Gasteiger charge is -2.09. The summed E-state index contributed by atoms with van der Waals surface area (Å²) in [4.78, 5) is 4.35. The summed E-state index contributed by atoms with van der Waals surface area (Å²) >= 11 is 0. The van der Waals surface area contributed by atoms with Crippen LogP contribution in [0.2, 0.25) is 0 Å². The first kappa shape index (κ1) is 8.92. The molecule has 1 unspecified atom stereocenters. The van der Waals surface area contributed by atoms with Crippen LogP contribution < -0.4 is 5.32 Å². The maximum atomic E-state index is 5.45. The normalized spacial score (nSPS) is 21.3. The van der Waals surface area contributed by atoms with Gasteiger partial charge in [0.1, 0.15) is 5.52 Å². The molecule has 1 aromatic heterocycles. The number of benzene rings is 1. The number of fused-ring (bicyclic) bond motifs is 1. The molecule has 0 radical (unpaired) electrons. The van der Waals surface area contributed by atoms with Crippen molar-refractivity contribution in [2.75, 3.05) is 6.54 Å². The van der Waals surface area contributed by atoms with Crippen LogP contribution in [-0.2, 0) is 0 Å². The number of hydrogen-bond donors (Lipinski definition) is 1. The molecule has 0 spiro atoms. The Bertz CT molecular complexity index is 483. The second kappa shape index (κ2) is 3.35. The molecule has 1 N–H and O–H groups in total. The molecular weight excluding hydrogens is 188 g/mol. The molecule has 0 aliphatic carbocycles. The van der Waals surface area contributed by atoms with Crippen LogP contribution in [0.3, 0.4) is 0 Å². The largest absolute Gasteiger partial charge is 0.441 e. The summed E-state index contributed by atoms with van der Waals surface area (Å²) in [6.07, 6.45) is 2.49. The zero-order valence-electron chi connectivity index (χ0n) is 8.79. The van der Waals surface area contributed by atoms with Crippen molar-refractivity contribution >= 4 is 11.1 Å². The van der Waals surface area contributed by atoms with Crippen molar-refractivity contribution < 1.29 is 4.42 Å². The van der Waals surface area contributed by atoms with Crippen molar-refractivity contribution in [3.63, 3.8) is 0 Å². The van der Waals surface area contributed by atoms with Crippen molar-refractivity contribution in [2.24, 2.45) is 0 Å². The van der Waals surface area contributed by atoms with Crippen LogP contribution in [0.25, 0.3) is 11.1 Å². The Kier molecular flexibility index (Phi) is 1.99. The fourth-order valence-corrected chi connectivity index (χ4v) is 2.25. The molecular formula is C12H14N2O. The Labute approximate surface area is 88.5 Å². The number of hydrogen-bond acceptors (Lipinski definition) is 3. The molecule has 1 aromatic carbocycles. The van der Waals surface area contributed by atoms with E-state index in [1.54, 1.807) is 0 Å². The average Bonchev–Trinajstić information content (AvgIpc) is 2.82. The van der Waals surface area contributed by atoms with Crippen LogP contribution in [-0.4, -0.2) is 11.5 Å². The molecule has 3 nitrogen and oxygen atoms in total. The van der Waals surface area contributed by atoms with E-state index >= 15 is 0 Å². The SMILES string of the molecule is Cc1nc2cc(C3CCCN3)ccc2o1. The van der Waals surface area contributed by atoms with E-state index in [-0.39, 0.29) is 0 Å². The Morgan fingerprint density at radius 3 is 3.20 bits per heavy atom. The first-order chi connectivity index (χ1) is 7.33. The maximum Gasteiger partial charge on any atom is 0.192 e. The number of aromatic nitrogens is 1. The first-order valence-corrected chi connectivity index (χ1v) is 5.43. The first-order valence-electron chi connectivity index (χ1n) is 5.43. The summed E-state index contributed by atoms with van der Waals surface area (Å²) in [6, 6.07) is 6.79. The summed E-state index contributed by atoms with van der Waals surface area (Å²) in [5, 5.41) is 3.49. The second-order valence-corrected chi connectivity index (χ2v) is 4.11. The van der Waals surface area contributed by atoms with E-state index in [0.29, 0.717) is 6.04 Å². The summed E-state index contributed by atoms with van der Waals surface area (Å²) in [5.74, 6) is 0.738. The predicted molar refractivity (Wildman–Crippen MR) is 58.7 cm³/mol. The number of oxazole rings is 1. The van der Waals surface area contributed by atoms with Gasteiger partial charge >= 0.3 is 0 Å². The minimum atomic E-state index is 0.506. The Morgan fingerprint density at radius 2 is 2.40 bits per heavy atom. The van der Waals surface area contributed by atoms with Crippen LogP contribution >= 0.6 is 0 Å². The van der Waals surface area contributed by atoms with Gasteiger partial charge in [0.2, 0.25) is 0 Å². The third-order valence-electron chi connectivity index (χ3n) is 2.98. The van der Waals surface area contributed by atoms with Gasteiger partial charge in [0.05, 0.1) is 0 Å². The molecule has 2 heterocycles. The van der Waals surface area contributed by atoms with Crippen molar-refractivity contribution in [1.29, 1.82) is 0 Å². The fraction of sp³-hybridized carbons (Fsp3) is 0.417. The lowest BCUT2D eigenvalue weighted by atomic mass is 10.1. The highest BCUT2D eigenvalue weighted by atomic mass is 16.3. The molecule has 1 atom stereocenters. The highest BCUT2D eigenvalue weighted by Crippen LogP contribution is 2.26. The monoisotopic (exact) mass is 202 g/mol. The summed E-state index contributed by atoms with van der Waals surface area (Å²) < 4.78 is 5.45. The van der Waals surface area contributed by atoms with Crippen LogP contribution in [0.5, 0.6) is 0 Å². The smallest absolute Gasteiger partial charge is 0.192 e. The number of nitrogens with zero attached hydrogens (tertiary/aromatic N) is 1. The maximum absolute atomic E-state index is 5.45. The molecule has 1 saturated heterocycles. The van der Waals surface area contributed by atoms with E-state index in [2.05, 4.69) is 22.4 Å². The predicted octanol–water partition coefficient (Wildman–Crippen LogP) is 2.56. The van der Waals surface area contributed by atoms with Gasteiger partial charge in [0.15, 0.2) is 11.5 Å². The zero-order chi connectivity index (χ0) is 10.3. The quantitative estimate of drug-likeness (QED) is 0.772. The summed E-state index contributed by atoms with van der Waals surface area (Å²) in [6.45, 7) is 3.01. The van der Waals surface area contributed by atoms with Crippen molar-refractivity contribution in [2.45, 2.75) is 25.8 Å². The highest BCUT2D eigenvalue weighted by molar-refractivity contribution is 5.73. The van der Waals surface area contributed by atoms with Gasteiger partial charge < -0.3 is 9.73 Å². The molecule has 78 valence electrons. The van der Waals surface area contributed by atoms with E-state index in [0.717, 1.165) is 23.5 Å². The van der Waals surface area contributed by atoms with Gasteiger partial charge in [-0.3, -0.25) is 0 Å². The van der Waals surface area contributed by atoms with Gasteiger partial charge in [-0.25, -0.2) is 4.98 Å². The lowest BCUT2D eigenvalue weighted by molar-refractivity contribution is 0.561. The molecule has 0 saturated carbocycles. The Hall–Kier alpha value is -1.35. The molecule has 0 amide bonds. The van der Waals surface area contributed by atoms with E-state index in [1.165, 1.54) is 18.4 Å². The van der Waals surface area contributed by atoms with E-state index in [9.17, 15) is 0 Å².